The molecule has 0 saturated carbocycles. The summed E-state index contributed by atoms with van der Waals surface area (Å²) in [6, 6.07) is 3.97. The summed E-state index contributed by atoms with van der Waals surface area (Å²) in [5.41, 5.74) is 0.181. The van der Waals surface area contributed by atoms with Gasteiger partial charge in [-0.2, -0.15) is 0 Å². The van der Waals surface area contributed by atoms with E-state index in [2.05, 4.69) is 5.32 Å². The number of carbonyl (C=O) groups excluding carboxylic acids is 1. The molecule has 0 bridgehead atoms. The summed E-state index contributed by atoms with van der Waals surface area (Å²) in [6.07, 6.45) is 2.26. The van der Waals surface area contributed by atoms with E-state index in [9.17, 15) is 14.0 Å². The standard InChI is InChI=1S/C15H17FN2O2/c1-4-9(2)17-15(20)12-8-18(3)13-6-5-10(16)7-11(13)14(12)19/h5-9H,4H2,1-3H3,(H,17,20)/t9-/m1/s1. The Hall–Kier alpha value is -2.17. The highest BCUT2D eigenvalue weighted by Crippen LogP contribution is 2.12. The minimum absolute atomic E-state index is 0.0181. The molecule has 1 amide bonds. The molecule has 0 aliphatic heterocycles. The summed E-state index contributed by atoms with van der Waals surface area (Å²) >= 11 is 0. The molecule has 1 aromatic carbocycles. The highest BCUT2D eigenvalue weighted by molar-refractivity contribution is 5.97. The summed E-state index contributed by atoms with van der Waals surface area (Å²) in [7, 11) is 1.72. The van der Waals surface area contributed by atoms with E-state index in [-0.39, 0.29) is 17.0 Å². The SMILES string of the molecule is CC[C@@H](C)NC(=O)c1cn(C)c2ccc(F)cc2c1=O. The second-order valence-electron chi connectivity index (χ2n) is 4.93. The Labute approximate surface area is 116 Å². The largest absolute Gasteiger partial charge is 0.350 e. The fourth-order valence-electron chi connectivity index (χ4n) is 2.03. The molecule has 0 aliphatic rings. The van der Waals surface area contributed by atoms with Crippen molar-refractivity contribution in [1.29, 1.82) is 0 Å². The molecular weight excluding hydrogens is 259 g/mol. The second kappa shape index (κ2) is 5.45. The highest BCUT2D eigenvalue weighted by atomic mass is 19.1. The first-order valence-corrected chi connectivity index (χ1v) is 6.53. The molecule has 106 valence electrons. The number of halogens is 1. The van der Waals surface area contributed by atoms with E-state index in [1.54, 1.807) is 11.6 Å². The van der Waals surface area contributed by atoms with Gasteiger partial charge in [-0.1, -0.05) is 6.92 Å². The van der Waals surface area contributed by atoms with Crippen LogP contribution >= 0.6 is 0 Å². The van der Waals surface area contributed by atoms with Crippen LogP contribution in [0.4, 0.5) is 4.39 Å². The van der Waals surface area contributed by atoms with Gasteiger partial charge in [0, 0.05) is 24.7 Å². The third kappa shape index (κ3) is 2.57. The van der Waals surface area contributed by atoms with Crippen LogP contribution in [0.2, 0.25) is 0 Å². The summed E-state index contributed by atoms with van der Waals surface area (Å²) in [6.45, 7) is 3.81. The van der Waals surface area contributed by atoms with Crippen molar-refractivity contribution in [2.24, 2.45) is 7.05 Å². The van der Waals surface area contributed by atoms with E-state index in [0.29, 0.717) is 5.52 Å². The van der Waals surface area contributed by atoms with Crippen molar-refractivity contribution in [3.63, 3.8) is 0 Å². The van der Waals surface area contributed by atoms with Crippen LogP contribution in [0.3, 0.4) is 0 Å². The lowest BCUT2D eigenvalue weighted by atomic mass is 10.1. The summed E-state index contributed by atoms with van der Waals surface area (Å²) in [5.74, 6) is -0.916. The van der Waals surface area contributed by atoms with Crippen molar-refractivity contribution in [3.8, 4) is 0 Å². The van der Waals surface area contributed by atoms with Crippen LogP contribution in [0.25, 0.3) is 10.9 Å². The lowest BCUT2D eigenvalue weighted by molar-refractivity contribution is 0.0937. The van der Waals surface area contributed by atoms with Gasteiger partial charge in [-0.25, -0.2) is 4.39 Å². The Bertz CT molecular complexity index is 722. The average molecular weight is 276 g/mol. The van der Waals surface area contributed by atoms with Gasteiger partial charge in [0.2, 0.25) is 5.43 Å². The second-order valence-corrected chi connectivity index (χ2v) is 4.93. The molecule has 4 nitrogen and oxygen atoms in total. The molecule has 1 aromatic heterocycles. The zero-order chi connectivity index (χ0) is 14.9. The molecule has 1 heterocycles. The van der Waals surface area contributed by atoms with Crippen molar-refractivity contribution in [1.82, 2.24) is 9.88 Å². The maximum Gasteiger partial charge on any atom is 0.256 e. The summed E-state index contributed by atoms with van der Waals surface area (Å²) < 4.78 is 15.0. The Kier molecular flexibility index (Phi) is 3.88. The number of aryl methyl sites for hydroxylation is 1. The van der Waals surface area contributed by atoms with Crippen molar-refractivity contribution < 1.29 is 9.18 Å². The van der Waals surface area contributed by atoms with E-state index >= 15 is 0 Å². The zero-order valence-electron chi connectivity index (χ0n) is 11.7. The summed E-state index contributed by atoms with van der Waals surface area (Å²) in [5, 5.41) is 2.96. The molecule has 0 spiro atoms. The molecule has 0 fully saturated rings. The minimum atomic E-state index is -0.492. The highest BCUT2D eigenvalue weighted by Gasteiger charge is 2.16. The smallest absolute Gasteiger partial charge is 0.256 e. The predicted molar refractivity (Wildman–Crippen MR) is 76.4 cm³/mol. The number of nitrogens with zero attached hydrogens (tertiary/aromatic N) is 1. The molecule has 20 heavy (non-hydrogen) atoms. The van der Waals surface area contributed by atoms with Crippen LogP contribution in [0.15, 0.2) is 29.2 Å². The number of amides is 1. The van der Waals surface area contributed by atoms with Crippen LogP contribution in [0.5, 0.6) is 0 Å². The number of pyridine rings is 1. The molecule has 0 unspecified atom stereocenters. The van der Waals surface area contributed by atoms with E-state index in [1.165, 1.54) is 18.3 Å². The van der Waals surface area contributed by atoms with Gasteiger partial charge in [-0.15, -0.1) is 0 Å². The van der Waals surface area contributed by atoms with Crippen LogP contribution in [0.1, 0.15) is 30.6 Å². The quantitative estimate of drug-likeness (QED) is 0.934. The first-order chi connectivity index (χ1) is 9.43. The van der Waals surface area contributed by atoms with Gasteiger partial charge in [0.25, 0.3) is 5.91 Å². The number of aromatic nitrogens is 1. The van der Waals surface area contributed by atoms with Gasteiger partial charge in [-0.3, -0.25) is 9.59 Å². The van der Waals surface area contributed by atoms with Crippen molar-refractivity contribution in [3.05, 3.63) is 46.0 Å². The maximum absolute atomic E-state index is 13.3. The number of hydrogen-bond acceptors (Lipinski definition) is 2. The van der Waals surface area contributed by atoms with E-state index in [0.717, 1.165) is 12.5 Å². The van der Waals surface area contributed by atoms with Crippen LogP contribution in [-0.4, -0.2) is 16.5 Å². The van der Waals surface area contributed by atoms with Crippen LogP contribution in [-0.2, 0) is 7.05 Å². The average Bonchev–Trinajstić information content (AvgIpc) is 2.42. The first-order valence-electron chi connectivity index (χ1n) is 6.53. The molecule has 1 atom stereocenters. The third-order valence-corrected chi connectivity index (χ3v) is 3.39. The minimum Gasteiger partial charge on any atom is -0.350 e. The normalized spacial score (nSPS) is 12.4. The van der Waals surface area contributed by atoms with Crippen LogP contribution < -0.4 is 10.7 Å². The Morgan fingerprint density at radius 1 is 1.45 bits per heavy atom. The third-order valence-electron chi connectivity index (χ3n) is 3.39. The monoisotopic (exact) mass is 276 g/mol. The van der Waals surface area contributed by atoms with E-state index < -0.39 is 17.2 Å². The molecule has 0 radical (unpaired) electrons. The molecule has 1 N–H and O–H groups in total. The van der Waals surface area contributed by atoms with E-state index in [4.69, 9.17) is 0 Å². The van der Waals surface area contributed by atoms with Crippen molar-refractivity contribution in [2.45, 2.75) is 26.3 Å². The zero-order valence-corrected chi connectivity index (χ0v) is 11.7. The molecule has 2 aromatic rings. The summed E-state index contributed by atoms with van der Waals surface area (Å²) in [4.78, 5) is 24.4. The molecule has 5 heteroatoms. The van der Waals surface area contributed by atoms with Gasteiger partial charge in [0.1, 0.15) is 11.4 Å². The maximum atomic E-state index is 13.3. The number of hydrogen-bond donors (Lipinski definition) is 1. The van der Waals surface area contributed by atoms with E-state index in [1.807, 2.05) is 13.8 Å². The fourth-order valence-corrected chi connectivity index (χ4v) is 2.03. The molecule has 0 aliphatic carbocycles. The Morgan fingerprint density at radius 2 is 2.15 bits per heavy atom. The van der Waals surface area contributed by atoms with Crippen LogP contribution in [0, 0.1) is 5.82 Å². The van der Waals surface area contributed by atoms with Gasteiger partial charge in [-0.05, 0) is 31.5 Å². The number of benzene rings is 1. The van der Waals surface area contributed by atoms with Gasteiger partial charge in [0.05, 0.1) is 5.52 Å². The number of carbonyl (C=O) groups is 1. The molecular formula is C15H17FN2O2. The number of nitrogens with one attached hydrogen (secondary N) is 1. The number of fused-ring (bicyclic) bond motifs is 1. The fraction of sp³-hybridized carbons (Fsp3) is 0.333. The predicted octanol–water partition coefficient (Wildman–Crippen LogP) is 2.21. The lowest BCUT2D eigenvalue weighted by Gasteiger charge is -2.13. The van der Waals surface area contributed by atoms with Gasteiger partial charge >= 0.3 is 0 Å². The molecule has 0 saturated heterocycles. The van der Waals surface area contributed by atoms with Crippen molar-refractivity contribution >= 4 is 16.8 Å². The topological polar surface area (TPSA) is 51.1 Å². The van der Waals surface area contributed by atoms with Crippen molar-refractivity contribution in [2.75, 3.05) is 0 Å². The molecule has 2 rings (SSSR count). The Balaban J connectivity index is 2.58. The number of rotatable bonds is 3. The first kappa shape index (κ1) is 14.2. The van der Waals surface area contributed by atoms with Gasteiger partial charge < -0.3 is 9.88 Å². The van der Waals surface area contributed by atoms with Gasteiger partial charge in [0.15, 0.2) is 0 Å². The lowest BCUT2D eigenvalue weighted by Crippen LogP contribution is -2.35. The Morgan fingerprint density at radius 3 is 2.80 bits per heavy atom.